The van der Waals surface area contributed by atoms with E-state index >= 15 is 0 Å². The number of halogens is 4. The van der Waals surface area contributed by atoms with E-state index in [1.807, 2.05) is 4.90 Å². The third-order valence-corrected chi connectivity index (χ3v) is 8.21. The van der Waals surface area contributed by atoms with Crippen molar-refractivity contribution in [2.45, 2.75) is 11.4 Å². The molecule has 1 aliphatic heterocycles. The molecular weight excluding hydrogens is 553 g/mol. The Labute approximate surface area is 227 Å². The van der Waals surface area contributed by atoms with Gasteiger partial charge in [0.2, 0.25) is 0 Å². The van der Waals surface area contributed by atoms with Gasteiger partial charge in [-0.3, -0.25) is 19.4 Å². The van der Waals surface area contributed by atoms with Gasteiger partial charge in [-0.2, -0.15) is 0 Å². The first-order valence-corrected chi connectivity index (χ1v) is 13.8. The number of aromatic nitrogens is 1. The van der Waals surface area contributed by atoms with E-state index < -0.39 is 27.5 Å². The second-order valence-corrected chi connectivity index (χ2v) is 11.1. The Hall–Kier alpha value is -3.67. The number of para-hydroxylation sites is 1. The second-order valence-electron chi connectivity index (χ2n) is 9.06. The van der Waals surface area contributed by atoms with E-state index in [-0.39, 0.29) is 39.2 Å². The number of carbonyl (C=O) groups is 1. The molecule has 3 aromatic carbocycles. The van der Waals surface area contributed by atoms with Crippen LogP contribution in [0.15, 0.2) is 71.8 Å². The maximum atomic E-state index is 14.0. The maximum absolute atomic E-state index is 14.0. The molecule has 4 aromatic rings. The molecule has 1 aromatic heterocycles. The van der Waals surface area contributed by atoms with Crippen LogP contribution >= 0.6 is 11.6 Å². The lowest BCUT2D eigenvalue weighted by molar-refractivity contribution is 0.0627. The number of piperazine rings is 1. The van der Waals surface area contributed by atoms with Crippen molar-refractivity contribution in [1.29, 1.82) is 0 Å². The van der Waals surface area contributed by atoms with Gasteiger partial charge in [0.25, 0.3) is 15.9 Å². The number of fused-ring (bicyclic) bond motifs is 1. The number of sulfonamides is 1. The van der Waals surface area contributed by atoms with Gasteiger partial charge in [-0.25, -0.2) is 21.6 Å². The molecule has 1 aliphatic rings. The van der Waals surface area contributed by atoms with Crippen LogP contribution in [-0.2, 0) is 16.6 Å². The van der Waals surface area contributed by atoms with Crippen LogP contribution in [0.25, 0.3) is 10.9 Å². The van der Waals surface area contributed by atoms with Crippen molar-refractivity contribution in [3.8, 4) is 0 Å². The Morgan fingerprint density at radius 2 is 1.64 bits per heavy atom. The molecule has 12 heteroatoms. The van der Waals surface area contributed by atoms with Crippen molar-refractivity contribution in [2.24, 2.45) is 0 Å². The van der Waals surface area contributed by atoms with Gasteiger partial charge in [-0.15, -0.1) is 0 Å². The molecule has 1 amide bonds. The number of pyridine rings is 1. The molecule has 1 fully saturated rings. The number of rotatable bonds is 6. The zero-order valence-electron chi connectivity index (χ0n) is 20.4. The Balaban J connectivity index is 1.25. The van der Waals surface area contributed by atoms with Gasteiger partial charge >= 0.3 is 0 Å². The van der Waals surface area contributed by atoms with Crippen LogP contribution < -0.4 is 4.72 Å². The first-order chi connectivity index (χ1) is 18.6. The quantitative estimate of drug-likeness (QED) is 0.325. The van der Waals surface area contributed by atoms with Gasteiger partial charge in [-0.1, -0.05) is 29.8 Å². The molecule has 0 saturated carbocycles. The number of nitrogens with zero attached hydrogens (tertiary/aromatic N) is 3. The predicted octanol–water partition coefficient (Wildman–Crippen LogP) is 5.06. The van der Waals surface area contributed by atoms with Gasteiger partial charge < -0.3 is 4.90 Å². The summed E-state index contributed by atoms with van der Waals surface area (Å²) >= 11 is 6.38. The lowest BCUT2D eigenvalue weighted by atomic mass is 10.1. The van der Waals surface area contributed by atoms with Gasteiger partial charge in [0, 0.05) is 55.9 Å². The zero-order chi connectivity index (χ0) is 27.7. The Kier molecular flexibility index (Phi) is 7.48. The molecule has 5 rings (SSSR count). The van der Waals surface area contributed by atoms with Crippen molar-refractivity contribution >= 4 is 44.1 Å². The molecule has 1 N–H and O–H groups in total. The number of carbonyl (C=O) groups excluding carboxylic acids is 1. The first-order valence-electron chi connectivity index (χ1n) is 11.9. The Morgan fingerprint density at radius 3 is 2.38 bits per heavy atom. The standard InChI is InChI=1S/C27H22ClF3N4O3S/c28-21-14-19(33-39(37,38)25-5-1-3-17-4-2-8-32-26(17)25)6-7-20(21)27(36)35-11-9-34(10-12-35)16-18-13-23(30)24(31)15-22(18)29/h1-8,13-15,33H,9-12,16H2. The van der Waals surface area contributed by atoms with Crippen molar-refractivity contribution in [1.82, 2.24) is 14.8 Å². The summed E-state index contributed by atoms with van der Waals surface area (Å²) in [5.41, 5.74) is 0.750. The van der Waals surface area contributed by atoms with E-state index in [2.05, 4.69) is 9.71 Å². The minimum Gasteiger partial charge on any atom is -0.336 e. The minimum atomic E-state index is -3.99. The summed E-state index contributed by atoms with van der Waals surface area (Å²) in [6.45, 7) is 1.47. The fourth-order valence-corrected chi connectivity index (χ4v) is 5.95. The van der Waals surface area contributed by atoms with E-state index in [1.54, 1.807) is 29.2 Å². The van der Waals surface area contributed by atoms with Gasteiger partial charge in [-0.05, 0) is 36.4 Å². The fourth-order valence-electron chi connectivity index (χ4n) is 4.46. The van der Waals surface area contributed by atoms with Crippen molar-refractivity contribution in [3.63, 3.8) is 0 Å². The average molecular weight is 575 g/mol. The Morgan fingerprint density at radius 1 is 0.923 bits per heavy atom. The molecule has 1 saturated heterocycles. The molecule has 0 atom stereocenters. The highest BCUT2D eigenvalue weighted by atomic mass is 35.5. The summed E-state index contributed by atoms with van der Waals surface area (Å²) in [5, 5.41) is 0.747. The highest BCUT2D eigenvalue weighted by molar-refractivity contribution is 7.93. The third kappa shape index (κ3) is 5.70. The van der Waals surface area contributed by atoms with Crippen molar-refractivity contribution < 1.29 is 26.4 Å². The summed E-state index contributed by atoms with van der Waals surface area (Å²) in [6, 6.07) is 14.0. The summed E-state index contributed by atoms with van der Waals surface area (Å²) < 4.78 is 69.3. The van der Waals surface area contributed by atoms with Gasteiger partial charge in [0.1, 0.15) is 10.7 Å². The molecule has 0 radical (unpaired) electrons. The fraction of sp³-hybridized carbons (Fsp3) is 0.185. The van der Waals surface area contributed by atoms with Crippen molar-refractivity contribution in [2.75, 3.05) is 30.9 Å². The van der Waals surface area contributed by atoms with Crippen LogP contribution in [0.4, 0.5) is 18.9 Å². The van der Waals surface area contributed by atoms with Crippen LogP contribution in [0.5, 0.6) is 0 Å². The number of hydrogen-bond donors (Lipinski definition) is 1. The number of anilines is 1. The molecule has 7 nitrogen and oxygen atoms in total. The number of hydrogen-bond acceptors (Lipinski definition) is 5. The first kappa shape index (κ1) is 26.9. The van der Waals surface area contributed by atoms with Crippen LogP contribution in [0.1, 0.15) is 15.9 Å². The molecule has 0 aliphatic carbocycles. The van der Waals surface area contributed by atoms with E-state index in [1.165, 1.54) is 30.5 Å². The molecule has 2 heterocycles. The largest absolute Gasteiger partial charge is 0.336 e. The number of benzene rings is 3. The van der Waals surface area contributed by atoms with E-state index in [0.717, 1.165) is 6.07 Å². The predicted molar refractivity (Wildman–Crippen MR) is 141 cm³/mol. The van der Waals surface area contributed by atoms with E-state index in [4.69, 9.17) is 11.6 Å². The van der Waals surface area contributed by atoms with Crippen LogP contribution in [0.2, 0.25) is 5.02 Å². The third-order valence-electron chi connectivity index (χ3n) is 6.48. The minimum absolute atomic E-state index is 0.0120. The molecule has 0 spiro atoms. The number of nitrogens with one attached hydrogen (secondary N) is 1. The highest BCUT2D eigenvalue weighted by Crippen LogP contribution is 2.27. The van der Waals surface area contributed by atoms with Crippen LogP contribution in [-0.4, -0.2) is 55.3 Å². The summed E-state index contributed by atoms with van der Waals surface area (Å²) in [5.74, 6) is -3.53. The topological polar surface area (TPSA) is 82.6 Å². The van der Waals surface area contributed by atoms with Crippen LogP contribution in [0, 0.1) is 17.5 Å². The average Bonchev–Trinajstić information content (AvgIpc) is 2.91. The number of amides is 1. The molecule has 0 bridgehead atoms. The summed E-state index contributed by atoms with van der Waals surface area (Å²) in [4.78, 5) is 20.7. The lowest BCUT2D eigenvalue weighted by Crippen LogP contribution is -2.48. The molecular formula is C27H22ClF3N4O3S. The van der Waals surface area contributed by atoms with Gasteiger partial charge in [0.05, 0.1) is 21.8 Å². The van der Waals surface area contributed by atoms with Crippen molar-refractivity contribution in [3.05, 3.63) is 100 Å². The molecule has 0 unspecified atom stereocenters. The van der Waals surface area contributed by atoms with E-state index in [0.29, 0.717) is 43.1 Å². The smallest absolute Gasteiger partial charge is 0.264 e. The van der Waals surface area contributed by atoms with E-state index in [9.17, 15) is 26.4 Å². The molecule has 39 heavy (non-hydrogen) atoms. The maximum Gasteiger partial charge on any atom is 0.264 e. The SMILES string of the molecule is O=C(c1ccc(NS(=O)(=O)c2cccc3cccnc23)cc1Cl)N1CCN(Cc2cc(F)c(F)cc2F)CC1. The highest BCUT2D eigenvalue weighted by Gasteiger charge is 2.25. The summed E-state index contributed by atoms with van der Waals surface area (Å²) in [7, 11) is -3.99. The van der Waals surface area contributed by atoms with Gasteiger partial charge in [0.15, 0.2) is 11.6 Å². The molecule has 202 valence electrons. The van der Waals surface area contributed by atoms with Crippen LogP contribution in [0.3, 0.4) is 0 Å². The second kappa shape index (κ2) is 10.8. The Bertz CT molecular complexity index is 1670. The lowest BCUT2D eigenvalue weighted by Gasteiger charge is -2.35. The zero-order valence-corrected chi connectivity index (χ0v) is 21.9. The summed E-state index contributed by atoms with van der Waals surface area (Å²) in [6.07, 6.45) is 1.51. The normalized spacial score (nSPS) is 14.5. The monoisotopic (exact) mass is 574 g/mol.